The summed E-state index contributed by atoms with van der Waals surface area (Å²) in [4.78, 5) is 4.28. The summed E-state index contributed by atoms with van der Waals surface area (Å²) in [5, 5.41) is 10.7. The number of sulfonamides is 1. The minimum Gasteiger partial charge on any atom is -0.324 e. The number of rotatable bonds is 6. The molecule has 1 N–H and O–H groups in total. The first-order chi connectivity index (χ1) is 15.5. The molecule has 6 nitrogen and oxygen atoms in total. The highest BCUT2D eigenvalue weighted by molar-refractivity contribution is 7.89. The number of pyridine rings is 1. The number of hydrogen-bond acceptors (Lipinski definition) is 4. The summed E-state index contributed by atoms with van der Waals surface area (Å²) in [6.45, 7) is 3.33. The van der Waals surface area contributed by atoms with Gasteiger partial charge in [-0.15, -0.1) is 0 Å². The van der Waals surface area contributed by atoms with Gasteiger partial charge in [0.1, 0.15) is 17.8 Å². The maximum atomic E-state index is 12.8. The number of alkyl halides is 3. The number of nitrogens with one attached hydrogen (secondary N) is 1. The molecule has 3 aromatic rings. The molecule has 1 aliphatic rings. The molecule has 1 aromatic carbocycles. The Labute approximate surface area is 190 Å². The van der Waals surface area contributed by atoms with E-state index in [2.05, 4.69) is 11.1 Å². The number of nitriles is 1. The van der Waals surface area contributed by atoms with Crippen LogP contribution in [0.2, 0.25) is 0 Å². The Hall–Kier alpha value is -2.90. The molecule has 10 heteroatoms. The number of aryl methyl sites for hydroxylation is 1. The van der Waals surface area contributed by atoms with Crippen LogP contribution in [0.15, 0.2) is 41.4 Å². The second-order valence-corrected chi connectivity index (χ2v) is 10.2. The summed E-state index contributed by atoms with van der Waals surface area (Å²) in [7, 11) is -4.37. The van der Waals surface area contributed by atoms with Crippen LogP contribution in [-0.4, -0.2) is 30.2 Å². The first kappa shape index (κ1) is 23.3. The fraction of sp³-hybridized carbons (Fsp3) is 0.391. The second-order valence-electron chi connectivity index (χ2n) is 8.54. The quantitative estimate of drug-likeness (QED) is 0.548. The fourth-order valence-corrected chi connectivity index (χ4v) is 5.24. The Kier molecular flexibility index (Phi) is 5.97. The number of halogens is 3. The Morgan fingerprint density at radius 3 is 2.48 bits per heavy atom. The van der Waals surface area contributed by atoms with Gasteiger partial charge in [0.05, 0.1) is 16.2 Å². The van der Waals surface area contributed by atoms with Gasteiger partial charge in [0.25, 0.3) is 0 Å². The van der Waals surface area contributed by atoms with Gasteiger partial charge in [-0.1, -0.05) is 18.6 Å². The monoisotopic (exact) mass is 476 g/mol. The average Bonchev–Trinajstić information content (AvgIpc) is 3.02. The highest BCUT2D eigenvalue weighted by atomic mass is 32.2. The van der Waals surface area contributed by atoms with Gasteiger partial charge in [-0.2, -0.15) is 23.2 Å². The Morgan fingerprint density at radius 2 is 1.94 bits per heavy atom. The lowest BCUT2D eigenvalue weighted by molar-refractivity contribution is -0.147. The van der Waals surface area contributed by atoms with Crippen LogP contribution in [0.5, 0.6) is 0 Å². The summed E-state index contributed by atoms with van der Waals surface area (Å²) in [6.07, 6.45) is 0.392. The van der Waals surface area contributed by atoms with Crippen LogP contribution in [0.25, 0.3) is 22.3 Å². The van der Waals surface area contributed by atoms with E-state index in [0.717, 1.165) is 37.1 Å². The number of nitrogens with zero attached hydrogens (tertiary/aromatic N) is 3. The molecule has 1 fully saturated rings. The zero-order valence-electron chi connectivity index (χ0n) is 18.1. The third kappa shape index (κ3) is 4.48. The summed E-state index contributed by atoms with van der Waals surface area (Å²) >= 11 is 0. The average molecular weight is 477 g/mol. The maximum absolute atomic E-state index is 12.8. The maximum Gasteiger partial charge on any atom is 0.404 e. The summed E-state index contributed by atoms with van der Waals surface area (Å²) in [5.74, 6) is 0.474. The molecule has 33 heavy (non-hydrogen) atoms. The molecular formula is C23H23F3N4O2S. The van der Waals surface area contributed by atoms with Crippen molar-refractivity contribution in [3.63, 3.8) is 0 Å². The molecule has 2 aromatic heterocycles. The van der Waals surface area contributed by atoms with Crippen molar-refractivity contribution in [1.29, 1.82) is 5.26 Å². The van der Waals surface area contributed by atoms with E-state index in [1.165, 1.54) is 24.3 Å². The summed E-state index contributed by atoms with van der Waals surface area (Å²) < 4.78 is 66.9. The van der Waals surface area contributed by atoms with Crippen molar-refractivity contribution in [2.24, 2.45) is 5.92 Å². The first-order valence-corrected chi connectivity index (χ1v) is 12.1. The Morgan fingerprint density at radius 1 is 1.27 bits per heavy atom. The van der Waals surface area contributed by atoms with Gasteiger partial charge in [0.15, 0.2) is 0 Å². The highest BCUT2D eigenvalue weighted by Crippen LogP contribution is 2.37. The molecule has 0 saturated heterocycles. The number of fused-ring (bicyclic) bond motifs is 1. The van der Waals surface area contributed by atoms with Crippen LogP contribution < -0.4 is 4.72 Å². The van der Waals surface area contributed by atoms with E-state index in [9.17, 15) is 26.9 Å². The SMILES string of the molecule is Cc1cnc2c(c1)c(C#N)c(-c1ccc(S(=O)(=O)N[C@@H](C)C(F)(F)F)cc1)n2CC1CCC1. The highest BCUT2D eigenvalue weighted by Gasteiger charge is 2.39. The topological polar surface area (TPSA) is 87.8 Å². The molecule has 174 valence electrons. The third-order valence-corrected chi connectivity index (χ3v) is 7.63. The van der Waals surface area contributed by atoms with Crippen LogP contribution in [0.1, 0.15) is 37.3 Å². The zero-order chi connectivity index (χ0) is 24.0. The van der Waals surface area contributed by atoms with E-state index < -0.39 is 22.2 Å². The zero-order valence-corrected chi connectivity index (χ0v) is 19.0. The smallest absolute Gasteiger partial charge is 0.324 e. The molecule has 0 amide bonds. The lowest BCUT2D eigenvalue weighted by atomic mass is 9.85. The molecule has 0 bridgehead atoms. The van der Waals surface area contributed by atoms with Crippen LogP contribution in [-0.2, 0) is 16.6 Å². The number of benzene rings is 1. The van der Waals surface area contributed by atoms with Crippen molar-refractivity contribution in [3.8, 4) is 17.3 Å². The van der Waals surface area contributed by atoms with E-state index in [0.29, 0.717) is 34.9 Å². The predicted octanol–water partition coefficient (Wildman–Crippen LogP) is 4.91. The van der Waals surface area contributed by atoms with Crippen molar-refractivity contribution in [2.45, 2.75) is 56.8 Å². The molecule has 0 aliphatic heterocycles. The van der Waals surface area contributed by atoms with Crippen molar-refractivity contribution >= 4 is 21.1 Å². The van der Waals surface area contributed by atoms with Crippen LogP contribution >= 0.6 is 0 Å². The Bertz CT molecular complexity index is 1340. The Balaban J connectivity index is 1.77. The summed E-state index contributed by atoms with van der Waals surface area (Å²) in [5.41, 5.74) is 3.29. The van der Waals surface area contributed by atoms with E-state index in [1.54, 1.807) is 10.9 Å². The molecule has 0 radical (unpaired) electrons. The van der Waals surface area contributed by atoms with E-state index in [4.69, 9.17) is 0 Å². The molecule has 1 saturated carbocycles. The molecule has 1 aliphatic carbocycles. The van der Waals surface area contributed by atoms with Gasteiger partial charge < -0.3 is 4.57 Å². The standard InChI is InChI=1S/C23H23F3N4O2S/c1-14-10-19-20(11-27)21(30(22(19)28-12-14)13-16-4-3-5-16)17-6-8-18(9-7-17)33(31,32)29-15(2)23(24,25)26/h6-10,12,15-16,29H,3-5,13H2,1-2H3/t15-/m0/s1. The van der Waals surface area contributed by atoms with Gasteiger partial charge in [-0.05, 0) is 61.9 Å². The van der Waals surface area contributed by atoms with Gasteiger partial charge >= 0.3 is 6.18 Å². The second kappa shape index (κ2) is 8.47. The fourth-order valence-electron chi connectivity index (χ4n) is 4.01. The summed E-state index contributed by atoms with van der Waals surface area (Å²) in [6, 6.07) is 7.51. The normalized spacial score (nSPS) is 15.9. The van der Waals surface area contributed by atoms with Crippen molar-refractivity contribution in [1.82, 2.24) is 14.3 Å². The minimum atomic E-state index is -4.69. The van der Waals surface area contributed by atoms with Gasteiger partial charge in [0, 0.05) is 18.1 Å². The van der Waals surface area contributed by atoms with Crippen molar-refractivity contribution < 1.29 is 21.6 Å². The molecule has 2 heterocycles. The van der Waals surface area contributed by atoms with E-state index in [1.807, 2.05) is 17.6 Å². The van der Waals surface area contributed by atoms with Crippen molar-refractivity contribution in [2.75, 3.05) is 0 Å². The van der Waals surface area contributed by atoms with E-state index in [-0.39, 0.29) is 4.90 Å². The molecule has 0 spiro atoms. The van der Waals surface area contributed by atoms with Crippen molar-refractivity contribution in [3.05, 3.63) is 47.7 Å². The number of aromatic nitrogens is 2. The van der Waals surface area contributed by atoms with Gasteiger partial charge in [-0.25, -0.2) is 13.4 Å². The molecular weight excluding hydrogens is 453 g/mol. The van der Waals surface area contributed by atoms with Gasteiger partial charge in [-0.3, -0.25) is 0 Å². The number of hydrogen-bond donors (Lipinski definition) is 1. The molecule has 1 atom stereocenters. The minimum absolute atomic E-state index is 0.281. The largest absolute Gasteiger partial charge is 0.404 e. The van der Waals surface area contributed by atoms with Crippen LogP contribution in [0.4, 0.5) is 13.2 Å². The lowest BCUT2D eigenvalue weighted by Crippen LogP contribution is -2.42. The third-order valence-electron chi connectivity index (χ3n) is 6.07. The first-order valence-electron chi connectivity index (χ1n) is 10.6. The lowest BCUT2D eigenvalue weighted by Gasteiger charge is -2.27. The molecule has 0 unspecified atom stereocenters. The predicted molar refractivity (Wildman–Crippen MR) is 118 cm³/mol. The van der Waals surface area contributed by atoms with E-state index >= 15 is 0 Å². The van der Waals surface area contributed by atoms with Crippen LogP contribution in [0, 0.1) is 24.2 Å². The van der Waals surface area contributed by atoms with Crippen LogP contribution in [0.3, 0.4) is 0 Å². The van der Waals surface area contributed by atoms with Gasteiger partial charge in [0.2, 0.25) is 10.0 Å². The molecule has 4 rings (SSSR count).